The molecule has 1 aromatic carbocycles. The van der Waals surface area contributed by atoms with Gasteiger partial charge in [-0.25, -0.2) is 4.39 Å². The van der Waals surface area contributed by atoms with Crippen LogP contribution in [0.15, 0.2) is 37.1 Å². The van der Waals surface area contributed by atoms with Gasteiger partial charge in [0.15, 0.2) is 0 Å². The summed E-state index contributed by atoms with van der Waals surface area (Å²) in [7, 11) is 0. The number of halogens is 1. The zero-order valence-electron chi connectivity index (χ0n) is 11.7. The van der Waals surface area contributed by atoms with Gasteiger partial charge >= 0.3 is 0 Å². The van der Waals surface area contributed by atoms with Gasteiger partial charge in [-0.3, -0.25) is 0 Å². The molecule has 2 nitrogen and oxygen atoms in total. The van der Waals surface area contributed by atoms with Crippen LogP contribution in [0.5, 0.6) is 0 Å². The van der Waals surface area contributed by atoms with Crippen molar-refractivity contribution in [1.82, 2.24) is 5.32 Å². The lowest BCUT2D eigenvalue weighted by atomic mass is 10.0. The van der Waals surface area contributed by atoms with Crippen molar-refractivity contribution in [2.24, 2.45) is 0 Å². The van der Waals surface area contributed by atoms with Gasteiger partial charge < -0.3 is 10.1 Å². The average molecular weight is 265 g/mol. The molecule has 0 radical (unpaired) electrons. The Bertz CT molecular complexity index is 350. The van der Waals surface area contributed by atoms with Gasteiger partial charge in [-0.15, -0.1) is 0 Å². The minimum atomic E-state index is -0.183. The highest BCUT2D eigenvalue weighted by molar-refractivity contribution is 5.19. The van der Waals surface area contributed by atoms with E-state index in [0.29, 0.717) is 12.6 Å². The molecule has 0 saturated heterocycles. The van der Waals surface area contributed by atoms with E-state index >= 15 is 0 Å². The zero-order chi connectivity index (χ0) is 13.9. The summed E-state index contributed by atoms with van der Waals surface area (Å²) in [6.07, 6.45) is 5.81. The molecule has 1 atom stereocenters. The maximum absolute atomic E-state index is 12.9. The van der Waals surface area contributed by atoms with E-state index in [0.717, 1.165) is 31.4 Å². The number of hydrogen-bond donors (Lipinski definition) is 1. The van der Waals surface area contributed by atoms with Crippen LogP contribution in [-0.2, 0) is 4.74 Å². The number of rotatable bonds is 10. The molecule has 0 heterocycles. The van der Waals surface area contributed by atoms with Crippen LogP contribution in [0, 0.1) is 5.82 Å². The van der Waals surface area contributed by atoms with Crippen molar-refractivity contribution in [3.05, 3.63) is 48.5 Å². The lowest BCUT2D eigenvalue weighted by Gasteiger charge is -2.19. The van der Waals surface area contributed by atoms with E-state index in [9.17, 15) is 4.39 Å². The molecule has 0 aliphatic heterocycles. The van der Waals surface area contributed by atoms with Crippen molar-refractivity contribution in [1.29, 1.82) is 0 Å². The minimum absolute atomic E-state index is 0.183. The fourth-order valence-corrected chi connectivity index (χ4v) is 2.01. The van der Waals surface area contributed by atoms with E-state index in [-0.39, 0.29) is 5.82 Å². The molecule has 1 N–H and O–H groups in total. The van der Waals surface area contributed by atoms with Crippen molar-refractivity contribution in [3.63, 3.8) is 0 Å². The summed E-state index contributed by atoms with van der Waals surface area (Å²) >= 11 is 0. The summed E-state index contributed by atoms with van der Waals surface area (Å²) in [6.45, 7) is 7.26. The Kier molecular flexibility index (Phi) is 7.91. The summed E-state index contributed by atoms with van der Waals surface area (Å²) in [5.41, 5.74) is 1.15. The third-order valence-electron chi connectivity index (χ3n) is 3.07. The molecule has 0 aliphatic carbocycles. The van der Waals surface area contributed by atoms with Gasteiger partial charge in [0.25, 0.3) is 0 Å². The Hall–Kier alpha value is -1.35. The molecule has 0 aliphatic rings. The molecule has 0 bridgehead atoms. The Balaban J connectivity index is 2.46. The first kappa shape index (κ1) is 15.7. The second-order valence-electron chi connectivity index (χ2n) is 4.59. The first-order chi connectivity index (χ1) is 9.27. The fourth-order valence-electron chi connectivity index (χ4n) is 2.01. The summed E-state index contributed by atoms with van der Waals surface area (Å²) in [5, 5.41) is 3.51. The van der Waals surface area contributed by atoms with E-state index in [1.54, 1.807) is 0 Å². The quantitative estimate of drug-likeness (QED) is 0.506. The largest absolute Gasteiger partial charge is 0.502 e. The lowest BCUT2D eigenvalue weighted by Crippen LogP contribution is -2.23. The van der Waals surface area contributed by atoms with Crippen LogP contribution in [0.25, 0.3) is 0 Å². The Labute approximate surface area is 115 Å². The monoisotopic (exact) mass is 265 g/mol. The van der Waals surface area contributed by atoms with Crippen LogP contribution in [0.3, 0.4) is 0 Å². The maximum atomic E-state index is 12.9. The summed E-state index contributed by atoms with van der Waals surface area (Å²) < 4.78 is 18.0. The van der Waals surface area contributed by atoms with Gasteiger partial charge in [0.2, 0.25) is 0 Å². The number of benzene rings is 1. The highest BCUT2D eigenvalue weighted by atomic mass is 19.1. The number of hydrogen-bond acceptors (Lipinski definition) is 2. The maximum Gasteiger partial charge on any atom is 0.123 e. The van der Waals surface area contributed by atoms with Crippen LogP contribution in [0.2, 0.25) is 0 Å². The molecule has 3 heteroatoms. The van der Waals surface area contributed by atoms with Gasteiger partial charge in [0.1, 0.15) is 5.82 Å². The molecular formula is C16H24FNO. The van der Waals surface area contributed by atoms with Gasteiger partial charge in [-0.2, -0.15) is 0 Å². The van der Waals surface area contributed by atoms with Crippen LogP contribution in [0.4, 0.5) is 4.39 Å². The molecule has 0 amide bonds. The molecule has 106 valence electrons. The fraction of sp³-hybridized carbons (Fsp3) is 0.500. The van der Waals surface area contributed by atoms with Gasteiger partial charge in [-0.1, -0.05) is 38.5 Å². The molecule has 1 rings (SSSR count). The van der Waals surface area contributed by atoms with Crippen LogP contribution in [-0.4, -0.2) is 13.2 Å². The minimum Gasteiger partial charge on any atom is -0.502 e. The Morgan fingerprint density at radius 2 is 2.05 bits per heavy atom. The van der Waals surface area contributed by atoms with Crippen LogP contribution < -0.4 is 5.32 Å². The third-order valence-corrected chi connectivity index (χ3v) is 3.07. The molecule has 1 aromatic rings. The van der Waals surface area contributed by atoms with Crippen molar-refractivity contribution in [2.45, 2.75) is 38.6 Å². The van der Waals surface area contributed by atoms with Gasteiger partial charge in [0, 0.05) is 6.04 Å². The Morgan fingerprint density at radius 1 is 1.32 bits per heavy atom. The predicted molar refractivity (Wildman–Crippen MR) is 77.4 cm³/mol. The number of ether oxygens (including phenoxy) is 1. The van der Waals surface area contributed by atoms with E-state index in [1.165, 1.54) is 24.8 Å². The standard InChI is InChI=1S/C16H24FNO/c1-3-5-7-16(18-12-6-13-19-4-2)14-8-10-15(17)11-9-14/h4,8-11,16,18H,2-3,5-7,12-13H2,1H3. The molecule has 0 saturated carbocycles. The predicted octanol–water partition coefficient (Wildman–Crippen LogP) is 4.20. The van der Waals surface area contributed by atoms with E-state index in [1.807, 2.05) is 12.1 Å². The molecular weight excluding hydrogens is 241 g/mol. The third kappa shape index (κ3) is 6.39. The molecule has 0 spiro atoms. The van der Waals surface area contributed by atoms with Crippen molar-refractivity contribution in [3.8, 4) is 0 Å². The van der Waals surface area contributed by atoms with Crippen LogP contribution >= 0.6 is 0 Å². The number of unbranched alkanes of at least 4 members (excludes halogenated alkanes) is 1. The molecule has 0 aromatic heterocycles. The molecule has 19 heavy (non-hydrogen) atoms. The van der Waals surface area contributed by atoms with E-state index in [4.69, 9.17) is 4.74 Å². The molecule has 0 fully saturated rings. The normalized spacial score (nSPS) is 12.1. The number of nitrogens with one attached hydrogen (secondary N) is 1. The summed E-state index contributed by atoms with van der Waals surface area (Å²) in [6, 6.07) is 7.07. The van der Waals surface area contributed by atoms with Crippen molar-refractivity contribution >= 4 is 0 Å². The van der Waals surface area contributed by atoms with Crippen molar-refractivity contribution < 1.29 is 9.13 Å². The Morgan fingerprint density at radius 3 is 2.68 bits per heavy atom. The first-order valence-corrected chi connectivity index (χ1v) is 6.99. The van der Waals surface area contributed by atoms with E-state index < -0.39 is 0 Å². The zero-order valence-corrected chi connectivity index (χ0v) is 11.7. The van der Waals surface area contributed by atoms with Crippen molar-refractivity contribution in [2.75, 3.05) is 13.2 Å². The van der Waals surface area contributed by atoms with Crippen LogP contribution in [0.1, 0.15) is 44.2 Å². The smallest absolute Gasteiger partial charge is 0.123 e. The summed E-state index contributed by atoms with van der Waals surface area (Å²) in [4.78, 5) is 0. The lowest BCUT2D eigenvalue weighted by molar-refractivity contribution is 0.242. The second kappa shape index (κ2) is 9.56. The van der Waals surface area contributed by atoms with Gasteiger partial charge in [-0.05, 0) is 37.1 Å². The van der Waals surface area contributed by atoms with E-state index in [2.05, 4.69) is 18.8 Å². The highest BCUT2D eigenvalue weighted by Crippen LogP contribution is 2.19. The SMILES string of the molecule is C=COCCCNC(CCCC)c1ccc(F)cc1. The average Bonchev–Trinajstić information content (AvgIpc) is 2.43. The summed E-state index contributed by atoms with van der Waals surface area (Å²) in [5.74, 6) is -0.183. The topological polar surface area (TPSA) is 21.3 Å². The second-order valence-corrected chi connectivity index (χ2v) is 4.59. The molecule has 1 unspecified atom stereocenters. The highest BCUT2D eigenvalue weighted by Gasteiger charge is 2.10. The van der Waals surface area contributed by atoms with Gasteiger partial charge in [0.05, 0.1) is 12.9 Å². The first-order valence-electron chi connectivity index (χ1n) is 6.99.